The number of aryl methyl sites for hydroxylation is 1. The maximum Gasteiger partial charge on any atom is 0.264 e. The van der Waals surface area contributed by atoms with Crippen molar-refractivity contribution in [3.8, 4) is 0 Å². The molecule has 0 saturated heterocycles. The molecule has 0 saturated carbocycles. The number of carbonyl (C=O) groups is 2. The van der Waals surface area contributed by atoms with Crippen LogP contribution < -0.4 is 9.62 Å². The third kappa shape index (κ3) is 7.25. The Morgan fingerprint density at radius 1 is 0.946 bits per heavy atom. The smallest absolute Gasteiger partial charge is 0.264 e. The first kappa shape index (κ1) is 28.5. The second-order valence-electron chi connectivity index (χ2n) is 8.52. The van der Waals surface area contributed by atoms with Gasteiger partial charge in [-0.05, 0) is 68.8 Å². The lowest BCUT2D eigenvalue weighted by atomic mass is 10.1. The van der Waals surface area contributed by atoms with E-state index in [-0.39, 0.29) is 23.0 Å². The largest absolute Gasteiger partial charge is 0.355 e. The first-order chi connectivity index (χ1) is 17.5. The van der Waals surface area contributed by atoms with Gasteiger partial charge in [0.15, 0.2) is 0 Å². The van der Waals surface area contributed by atoms with Gasteiger partial charge in [0, 0.05) is 23.1 Å². The van der Waals surface area contributed by atoms with Crippen LogP contribution in [0.1, 0.15) is 25.0 Å². The van der Waals surface area contributed by atoms with Gasteiger partial charge in [-0.2, -0.15) is 0 Å². The molecule has 3 rings (SSSR count). The predicted octanol–water partition coefficient (Wildman–Crippen LogP) is 5.05. The summed E-state index contributed by atoms with van der Waals surface area (Å²) in [5, 5.41) is 3.58. The average Bonchev–Trinajstić information content (AvgIpc) is 2.86. The van der Waals surface area contributed by atoms with Crippen LogP contribution in [0, 0.1) is 6.92 Å². The highest BCUT2D eigenvalue weighted by molar-refractivity contribution is 7.92. The zero-order valence-corrected chi connectivity index (χ0v) is 23.1. The molecule has 1 atom stereocenters. The number of rotatable bonds is 10. The third-order valence-corrected chi connectivity index (χ3v) is 8.04. The maximum absolute atomic E-state index is 13.7. The number of hydrogen-bond donors (Lipinski definition) is 1. The molecule has 37 heavy (non-hydrogen) atoms. The molecule has 7 nitrogen and oxygen atoms in total. The highest BCUT2D eigenvalue weighted by atomic mass is 35.5. The molecular formula is C27H29Cl2N3O4S. The van der Waals surface area contributed by atoms with Gasteiger partial charge < -0.3 is 10.2 Å². The number of sulfonamides is 1. The van der Waals surface area contributed by atoms with E-state index in [1.165, 1.54) is 23.1 Å². The minimum absolute atomic E-state index is 0.0342. The van der Waals surface area contributed by atoms with Crippen molar-refractivity contribution in [2.24, 2.45) is 0 Å². The zero-order valence-electron chi connectivity index (χ0n) is 20.8. The normalized spacial score (nSPS) is 12.0. The van der Waals surface area contributed by atoms with E-state index in [0.29, 0.717) is 16.6 Å². The molecule has 1 unspecified atom stereocenters. The Balaban J connectivity index is 2.02. The van der Waals surface area contributed by atoms with Crippen molar-refractivity contribution in [3.63, 3.8) is 0 Å². The molecule has 196 valence electrons. The molecule has 0 radical (unpaired) electrons. The zero-order chi connectivity index (χ0) is 27.2. The minimum Gasteiger partial charge on any atom is -0.355 e. The second-order valence-corrected chi connectivity index (χ2v) is 11.3. The topological polar surface area (TPSA) is 86.8 Å². The van der Waals surface area contributed by atoms with Gasteiger partial charge in [-0.15, -0.1) is 0 Å². The van der Waals surface area contributed by atoms with Crippen molar-refractivity contribution >= 4 is 50.7 Å². The molecule has 0 bridgehead atoms. The van der Waals surface area contributed by atoms with E-state index in [1.807, 2.05) is 6.92 Å². The quantitative estimate of drug-likeness (QED) is 0.375. The molecular weight excluding hydrogens is 533 g/mol. The van der Waals surface area contributed by atoms with Crippen LogP contribution in [-0.2, 0) is 26.2 Å². The Morgan fingerprint density at radius 2 is 1.59 bits per heavy atom. The van der Waals surface area contributed by atoms with Gasteiger partial charge >= 0.3 is 0 Å². The molecule has 1 N–H and O–H groups in total. The number of halogens is 2. The Hall–Kier alpha value is -3.07. The van der Waals surface area contributed by atoms with Crippen LogP contribution in [0.4, 0.5) is 5.69 Å². The lowest BCUT2D eigenvalue weighted by molar-refractivity contribution is -0.139. The van der Waals surface area contributed by atoms with Crippen LogP contribution in [0.3, 0.4) is 0 Å². The standard InChI is InChI=1S/C27H29Cl2N3O4S/c1-4-30-27(34)20(3)31(17-21-10-12-22(28)13-11-21)26(33)18-32(24-7-5-6-23(29)16-24)37(35,36)25-14-8-19(2)9-15-25/h5-16,20H,4,17-18H2,1-3H3,(H,30,34). The van der Waals surface area contributed by atoms with Crippen molar-refractivity contribution in [1.82, 2.24) is 10.2 Å². The van der Waals surface area contributed by atoms with Crippen LogP contribution in [0.2, 0.25) is 10.0 Å². The molecule has 0 aromatic heterocycles. The fraction of sp³-hybridized carbons (Fsp3) is 0.259. The van der Waals surface area contributed by atoms with E-state index in [9.17, 15) is 18.0 Å². The summed E-state index contributed by atoms with van der Waals surface area (Å²) in [6, 6.07) is 18.7. The van der Waals surface area contributed by atoms with E-state index < -0.39 is 28.5 Å². The van der Waals surface area contributed by atoms with Crippen LogP contribution in [0.25, 0.3) is 0 Å². The maximum atomic E-state index is 13.7. The molecule has 10 heteroatoms. The van der Waals surface area contributed by atoms with Gasteiger partial charge in [0.1, 0.15) is 12.6 Å². The first-order valence-electron chi connectivity index (χ1n) is 11.7. The fourth-order valence-electron chi connectivity index (χ4n) is 3.69. The molecule has 0 spiro atoms. The Labute approximate surface area is 228 Å². The summed E-state index contributed by atoms with van der Waals surface area (Å²) in [5.74, 6) is -0.898. The number of amides is 2. The number of benzene rings is 3. The van der Waals surface area contributed by atoms with E-state index in [4.69, 9.17) is 23.2 Å². The Bertz CT molecular complexity index is 1350. The van der Waals surface area contributed by atoms with Gasteiger partial charge in [-0.25, -0.2) is 8.42 Å². The Morgan fingerprint density at radius 3 is 2.19 bits per heavy atom. The van der Waals surface area contributed by atoms with E-state index in [2.05, 4.69) is 5.32 Å². The number of likely N-dealkylation sites (N-methyl/N-ethyl adjacent to an activating group) is 1. The molecule has 3 aromatic rings. The lowest BCUT2D eigenvalue weighted by Gasteiger charge is -2.32. The van der Waals surface area contributed by atoms with E-state index in [0.717, 1.165) is 15.4 Å². The number of carbonyl (C=O) groups excluding carboxylic acids is 2. The highest BCUT2D eigenvalue weighted by Crippen LogP contribution is 2.27. The Kier molecular flexibility index (Phi) is 9.59. The van der Waals surface area contributed by atoms with Crippen LogP contribution >= 0.6 is 23.2 Å². The predicted molar refractivity (Wildman–Crippen MR) is 147 cm³/mol. The third-order valence-electron chi connectivity index (χ3n) is 5.77. The number of hydrogen-bond acceptors (Lipinski definition) is 4. The summed E-state index contributed by atoms with van der Waals surface area (Å²) < 4.78 is 28.5. The van der Waals surface area contributed by atoms with E-state index in [1.54, 1.807) is 68.4 Å². The first-order valence-corrected chi connectivity index (χ1v) is 13.9. The van der Waals surface area contributed by atoms with Crippen LogP contribution in [0.15, 0.2) is 77.7 Å². The van der Waals surface area contributed by atoms with Crippen molar-refractivity contribution in [2.45, 2.75) is 38.3 Å². The number of nitrogens with zero attached hydrogens (tertiary/aromatic N) is 2. The average molecular weight is 563 g/mol. The highest BCUT2D eigenvalue weighted by Gasteiger charge is 2.32. The van der Waals surface area contributed by atoms with Crippen molar-refractivity contribution in [3.05, 3.63) is 94.0 Å². The minimum atomic E-state index is -4.14. The van der Waals surface area contributed by atoms with E-state index >= 15 is 0 Å². The number of nitrogens with one attached hydrogen (secondary N) is 1. The van der Waals surface area contributed by atoms with Gasteiger partial charge in [-0.1, -0.05) is 59.1 Å². The summed E-state index contributed by atoms with van der Waals surface area (Å²) in [7, 11) is -4.14. The van der Waals surface area contributed by atoms with Gasteiger partial charge in [0.25, 0.3) is 10.0 Å². The molecule has 0 aliphatic carbocycles. The number of anilines is 1. The summed E-state index contributed by atoms with van der Waals surface area (Å²) in [5.41, 5.74) is 1.87. The molecule has 3 aromatic carbocycles. The monoisotopic (exact) mass is 561 g/mol. The van der Waals surface area contributed by atoms with Crippen molar-refractivity contribution < 1.29 is 18.0 Å². The summed E-state index contributed by atoms with van der Waals surface area (Å²) in [6.07, 6.45) is 0. The summed E-state index contributed by atoms with van der Waals surface area (Å²) >= 11 is 12.2. The summed E-state index contributed by atoms with van der Waals surface area (Å²) in [4.78, 5) is 27.8. The van der Waals surface area contributed by atoms with Crippen molar-refractivity contribution in [2.75, 3.05) is 17.4 Å². The van der Waals surface area contributed by atoms with Crippen molar-refractivity contribution in [1.29, 1.82) is 0 Å². The molecule has 0 fully saturated rings. The fourth-order valence-corrected chi connectivity index (χ4v) is 5.41. The lowest BCUT2D eigenvalue weighted by Crippen LogP contribution is -2.51. The second kappa shape index (κ2) is 12.4. The van der Waals surface area contributed by atoms with Gasteiger partial charge in [0.05, 0.1) is 10.6 Å². The summed E-state index contributed by atoms with van der Waals surface area (Å²) in [6.45, 7) is 5.19. The van der Waals surface area contributed by atoms with Gasteiger partial charge in [0.2, 0.25) is 11.8 Å². The van der Waals surface area contributed by atoms with Crippen LogP contribution in [-0.4, -0.2) is 44.3 Å². The molecule has 0 aliphatic rings. The van der Waals surface area contributed by atoms with Gasteiger partial charge in [-0.3, -0.25) is 13.9 Å². The molecule has 0 aliphatic heterocycles. The SMILES string of the molecule is CCNC(=O)C(C)N(Cc1ccc(Cl)cc1)C(=O)CN(c1cccc(Cl)c1)S(=O)(=O)c1ccc(C)cc1. The molecule has 0 heterocycles. The molecule has 2 amide bonds. The van der Waals surface area contributed by atoms with Crippen LogP contribution in [0.5, 0.6) is 0 Å².